The highest BCUT2D eigenvalue weighted by Crippen LogP contribution is 2.34. The summed E-state index contributed by atoms with van der Waals surface area (Å²) in [5.41, 5.74) is 0. The average Bonchev–Trinajstić information content (AvgIpc) is 3.04. The van der Waals surface area contributed by atoms with E-state index >= 15 is 0 Å². The molecule has 1 N–H and O–H groups in total. The number of carboxylic acid groups (broad SMARTS) is 1. The minimum absolute atomic E-state index is 0.0907. The molecule has 0 radical (unpaired) electrons. The van der Waals surface area contributed by atoms with E-state index in [2.05, 4.69) is 0 Å². The number of nitrogens with zero attached hydrogens (tertiary/aromatic N) is 1. The van der Waals surface area contributed by atoms with Gasteiger partial charge in [-0.15, -0.1) is 0 Å². The molecule has 2 heterocycles. The van der Waals surface area contributed by atoms with E-state index in [9.17, 15) is 19.1 Å². The molecule has 0 aromatic carbocycles. The standard InChI is InChI=1S/C17H26FNO4/c18-13-3-1-2-12(10-13)16(20)19-7-4-11(5-8-19)15-14(17(21)22)6-9-23-15/h11-15H,1-10H2,(H,21,22)/t12?,13?,14?,15-/m0/s1. The van der Waals surface area contributed by atoms with Gasteiger partial charge in [0.2, 0.25) is 5.91 Å². The molecule has 0 aromatic heterocycles. The first-order valence-electron chi connectivity index (χ1n) is 8.83. The van der Waals surface area contributed by atoms with Crippen molar-refractivity contribution in [1.29, 1.82) is 0 Å². The van der Waals surface area contributed by atoms with Crippen LogP contribution in [0.25, 0.3) is 0 Å². The second kappa shape index (κ2) is 7.16. The summed E-state index contributed by atoms with van der Waals surface area (Å²) in [5.74, 6) is -1.05. The summed E-state index contributed by atoms with van der Waals surface area (Å²) in [7, 11) is 0. The lowest BCUT2D eigenvalue weighted by Gasteiger charge is -2.37. The molecule has 2 saturated heterocycles. The van der Waals surface area contributed by atoms with Crippen LogP contribution in [0.15, 0.2) is 0 Å². The van der Waals surface area contributed by atoms with Crippen LogP contribution in [0.1, 0.15) is 44.9 Å². The Labute approximate surface area is 136 Å². The molecule has 4 atom stereocenters. The van der Waals surface area contributed by atoms with Crippen molar-refractivity contribution in [2.75, 3.05) is 19.7 Å². The number of ether oxygens (including phenoxy) is 1. The smallest absolute Gasteiger partial charge is 0.309 e. The van der Waals surface area contributed by atoms with E-state index in [0.29, 0.717) is 39.0 Å². The number of amides is 1. The number of hydrogen-bond acceptors (Lipinski definition) is 3. The molecular formula is C17H26FNO4. The summed E-state index contributed by atoms with van der Waals surface area (Å²) < 4.78 is 19.2. The fourth-order valence-electron chi connectivity index (χ4n) is 4.40. The van der Waals surface area contributed by atoms with Crippen LogP contribution in [-0.2, 0) is 14.3 Å². The van der Waals surface area contributed by atoms with Crippen molar-refractivity contribution in [3.05, 3.63) is 0 Å². The Bertz CT molecular complexity index is 450. The van der Waals surface area contributed by atoms with Crippen LogP contribution in [0, 0.1) is 17.8 Å². The van der Waals surface area contributed by atoms with Crippen LogP contribution >= 0.6 is 0 Å². The third kappa shape index (κ3) is 3.67. The van der Waals surface area contributed by atoms with Crippen LogP contribution in [-0.4, -0.2) is 53.9 Å². The Kier molecular flexibility index (Phi) is 5.19. The van der Waals surface area contributed by atoms with Gasteiger partial charge in [-0.3, -0.25) is 9.59 Å². The lowest BCUT2D eigenvalue weighted by atomic mass is 9.83. The van der Waals surface area contributed by atoms with Crippen molar-refractivity contribution in [3.63, 3.8) is 0 Å². The molecule has 1 saturated carbocycles. The number of alkyl halides is 1. The van der Waals surface area contributed by atoms with E-state index in [0.717, 1.165) is 25.7 Å². The molecule has 2 aliphatic heterocycles. The zero-order valence-corrected chi connectivity index (χ0v) is 13.5. The number of hydrogen-bond donors (Lipinski definition) is 1. The molecule has 6 heteroatoms. The number of carbonyl (C=O) groups is 2. The van der Waals surface area contributed by atoms with Crippen LogP contribution in [0.2, 0.25) is 0 Å². The normalized spacial score (nSPS) is 36.1. The zero-order chi connectivity index (χ0) is 16.4. The highest BCUT2D eigenvalue weighted by Gasteiger charge is 2.41. The van der Waals surface area contributed by atoms with Crippen molar-refractivity contribution in [2.45, 2.75) is 57.2 Å². The third-order valence-electron chi connectivity index (χ3n) is 5.73. The van der Waals surface area contributed by atoms with Crippen molar-refractivity contribution in [3.8, 4) is 0 Å². The van der Waals surface area contributed by atoms with Gasteiger partial charge in [-0.05, 0) is 50.9 Å². The topological polar surface area (TPSA) is 66.8 Å². The van der Waals surface area contributed by atoms with Gasteiger partial charge in [-0.25, -0.2) is 4.39 Å². The van der Waals surface area contributed by atoms with Crippen molar-refractivity contribution >= 4 is 11.9 Å². The molecule has 1 amide bonds. The second-order valence-electron chi connectivity index (χ2n) is 7.19. The number of rotatable bonds is 3. The summed E-state index contributed by atoms with van der Waals surface area (Å²) in [6.07, 6.45) is 3.65. The van der Waals surface area contributed by atoms with Gasteiger partial charge in [0.1, 0.15) is 6.17 Å². The van der Waals surface area contributed by atoms with Crippen LogP contribution in [0.4, 0.5) is 4.39 Å². The molecule has 5 nitrogen and oxygen atoms in total. The minimum atomic E-state index is -0.835. The summed E-state index contributed by atoms with van der Waals surface area (Å²) in [6, 6.07) is 0. The van der Waals surface area contributed by atoms with Crippen molar-refractivity contribution in [2.24, 2.45) is 17.8 Å². The summed E-state index contributed by atoms with van der Waals surface area (Å²) in [5, 5.41) is 9.27. The number of carbonyl (C=O) groups excluding carboxylic acids is 1. The first-order chi connectivity index (χ1) is 11.1. The fourth-order valence-corrected chi connectivity index (χ4v) is 4.40. The molecule has 0 aromatic rings. The molecule has 3 aliphatic rings. The van der Waals surface area contributed by atoms with E-state index in [1.165, 1.54) is 0 Å². The maximum atomic E-state index is 13.5. The maximum absolute atomic E-state index is 13.5. The van der Waals surface area contributed by atoms with E-state index < -0.39 is 18.1 Å². The Morgan fingerprint density at radius 3 is 2.48 bits per heavy atom. The monoisotopic (exact) mass is 327 g/mol. The Morgan fingerprint density at radius 2 is 1.83 bits per heavy atom. The molecule has 3 fully saturated rings. The van der Waals surface area contributed by atoms with Gasteiger partial charge in [-0.1, -0.05) is 0 Å². The van der Waals surface area contributed by atoms with Crippen LogP contribution in [0.3, 0.4) is 0 Å². The van der Waals surface area contributed by atoms with Gasteiger partial charge in [0.15, 0.2) is 0 Å². The third-order valence-corrected chi connectivity index (χ3v) is 5.73. The first kappa shape index (κ1) is 16.7. The number of likely N-dealkylation sites (tertiary alicyclic amines) is 1. The Morgan fingerprint density at radius 1 is 1.09 bits per heavy atom. The molecule has 0 bridgehead atoms. The summed E-state index contributed by atoms with van der Waals surface area (Å²) in [4.78, 5) is 25.7. The van der Waals surface area contributed by atoms with E-state index in [1.54, 1.807) is 0 Å². The average molecular weight is 327 g/mol. The molecular weight excluding hydrogens is 301 g/mol. The quantitative estimate of drug-likeness (QED) is 0.863. The van der Waals surface area contributed by atoms with Crippen molar-refractivity contribution in [1.82, 2.24) is 4.90 Å². The zero-order valence-electron chi connectivity index (χ0n) is 13.5. The summed E-state index contributed by atoms with van der Waals surface area (Å²) in [6.45, 7) is 1.80. The molecule has 0 spiro atoms. The van der Waals surface area contributed by atoms with Gasteiger partial charge >= 0.3 is 5.97 Å². The minimum Gasteiger partial charge on any atom is -0.481 e. The SMILES string of the molecule is O=C(O)C1CCO[C@H]1C1CCN(C(=O)C2CCCC(F)C2)CC1. The second-order valence-corrected chi connectivity index (χ2v) is 7.19. The van der Waals surface area contributed by atoms with E-state index in [-0.39, 0.29) is 23.8 Å². The molecule has 23 heavy (non-hydrogen) atoms. The fraction of sp³-hybridized carbons (Fsp3) is 0.882. The van der Waals surface area contributed by atoms with E-state index in [1.807, 2.05) is 4.90 Å². The number of halogens is 1. The highest BCUT2D eigenvalue weighted by atomic mass is 19.1. The molecule has 130 valence electrons. The van der Waals surface area contributed by atoms with E-state index in [4.69, 9.17) is 4.74 Å². The first-order valence-corrected chi connectivity index (χ1v) is 8.83. The van der Waals surface area contributed by atoms with Gasteiger partial charge in [0.25, 0.3) is 0 Å². The largest absolute Gasteiger partial charge is 0.481 e. The molecule has 3 rings (SSSR count). The lowest BCUT2D eigenvalue weighted by molar-refractivity contribution is -0.146. The van der Waals surface area contributed by atoms with Gasteiger partial charge in [0, 0.05) is 25.6 Å². The summed E-state index contributed by atoms with van der Waals surface area (Å²) >= 11 is 0. The number of carboxylic acids is 1. The Balaban J connectivity index is 1.52. The van der Waals surface area contributed by atoms with Crippen LogP contribution in [0.5, 0.6) is 0 Å². The Hall–Kier alpha value is -1.17. The van der Waals surface area contributed by atoms with Crippen molar-refractivity contribution < 1.29 is 23.8 Å². The molecule has 1 aliphatic carbocycles. The van der Waals surface area contributed by atoms with Gasteiger partial charge in [-0.2, -0.15) is 0 Å². The number of piperidine rings is 1. The number of aliphatic carboxylic acids is 1. The highest BCUT2D eigenvalue weighted by molar-refractivity contribution is 5.79. The maximum Gasteiger partial charge on any atom is 0.309 e. The van der Waals surface area contributed by atoms with Crippen LogP contribution < -0.4 is 0 Å². The predicted molar refractivity (Wildman–Crippen MR) is 81.6 cm³/mol. The van der Waals surface area contributed by atoms with Gasteiger partial charge in [0.05, 0.1) is 12.0 Å². The van der Waals surface area contributed by atoms with Gasteiger partial charge < -0.3 is 14.7 Å². The molecule has 3 unspecified atom stereocenters. The predicted octanol–water partition coefficient (Wildman–Crippen LogP) is 2.24. The lowest BCUT2D eigenvalue weighted by Crippen LogP contribution is -2.46.